The molecule has 0 aromatic heterocycles. The number of likely N-dealkylation sites (tertiary alicyclic amines) is 1. The van der Waals surface area contributed by atoms with Crippen LogP contribution in [0, 0.1) is 5.92 Å². The van der Waals surface area contributed by atoms with Gasteiger partial charge in [-0.25, -0.2) is 0 Å². The molecule has 0 amide bonds. The molecule has 0 unspecified atom stereocenters. The molecule has 0 saturated carbocycles. The summed E-state index contributed by atoms with van der Waals surface area (Å²) >= 11 is 0. The van der Waals surface area contributed by atoms with Gasteiger partial charge in [0.05, 0.1) is 5.60 Å². The van der Waals surface area contributed by atoms with Crippen molar-refractivity contribution in [1.29, 1.82) is 0 Å². The first kappa shape index (κ1) is 12.3. The quantitative estimate of drug-likeness (QED) is 0.759. The fourth-order valence-electron chi connectivity index (χ4n) is 3.02. The summed E-state index contributed by atoms with van der Waals surface area (Å²) in [5, 5.41) is 13.8. The van der Waals surface area contributed by atoms with Gasteiger partial charge in [-0.3, -0.25) is 0 Å². The van der Waals surface area contributed by atoms with E-state index in [1.807, 2.05) is 0 Å². The molecule has 2 N–H and O–H groups in total. The molecular formula is C13H26N2O. The third kappa shape index (κ3) is 3.19. The van der Waals surface area contributed by atoms with Crippen LogP contribution in [-0.2, 0) is 0 Å². The summed E-state index contributed by atoms with van der Waals surface area (Å²) in [5.74, 6) is 0.930. The third-order valence-electron chi connectivity index (χ3n) is 4.34. The zero-order valence-corrected chi connectivity index (χ0v) is 10.5. The van der Waals surface area contributed by atoms with Crippen molar-refractivity contribution in [2.75, 3.05) is 32.7 Å². The summed E-state index contributed by atoms with van der Waals surface area (Å²) in [6, 6.07) is 0. The predicted octanol–water partition coefficient (Wildman–Crippen LogP) is 1.22. The van der Waals surface area contributed by atoms with Crippen molar-refractivity contribution in [1.82, 2.24) is 10.2 Å². The van der Waals surface area contributed by atoms with Crippen molar-refractivity contribution in [3.8, 4) is 0 Å². The van der Waals surface area contributed by atoms with E-state index >= 15 is 0 Å². The van der Waals surface area contributed by atoms with Crippen LogP contribution in [-0.4, -0.2) is 48.3 Å². The van der Waals surface area contributed by atoms with E-state index in [-0.39, 0.29) is 0 Å². The van der Waals surface area contributed by atoms with Gasteiger partial charge < -0.3 is 15.3 Å². The van der Waals surface area contributed by atoms with E-state index in [0.717, 1.165) is 38.4 Å². The molecule has 2 aliphatic heterocycles. The van der Waals surface area contributed by atoms with Crippen molar-refractivity contribution in [2.45, 2.75) is 44.6 Å². The Morgan fingerprint density at radius 2 is 1.88 bits per heavy atom. The van der Waals surface area contributed by atoms with Crippen LogP contribution in [0.25, 0.3) is 0 Å². The lowest BCUT2D eigenvalue weighted by molar-refractivity contribution is -0.0277. The fraction of sp³-hybridized carbons (Fsp3) is 1.00. The minimum Gasteiger partial charge on any atom is -0.388 e. The van der Waals surface area contributed by atoms with E-state index in [0.29, 0.717) is 0 Å². The number of piperidine rings is 2. The molecule has 3 heteroatoms. The molecule has 16 heavy (non-hydrogen) atoms. The van der Waals surface area contributed by atoms with E-state index in [1.54, 1.807) is 0 Å². The van der Waals surface area contributed by atoms with Crippen LogP contribution in [0.1, 0.15) is 39.0 Å². The maximum absolute atomic E-state index is 10.5. The lowest BCUT2D eigenvalue weighted by Gasteiger charge is -2.40. The Hall–Kier alpha value is -0.120. The Morgan fingerprint density at radius 3 is 2.44 bits per heavy atom. The van der Waals surface area contributed by atoms with Crippen LogP contribution in [0.5, 0.6) is 0 Å². The molecule has 0 atom stereocenters. The molecule has 2 rings (SSSR count). The normalized spacial score (nSPS) is 28.1. The highest BCUT2D eigenvalue weighted by Gasteiger charge is 2.32. The van der Waals surface area contributed by atoms with Gasteiger partial charge in [-0.2, -0.15) is 0 Å². The lowest BCUT2D eigenvalue weighted by atomic mass is 9.89. The van der Waals surface area contributed by atoms with Crippen LogP contribution >= 0.6 is 0 Å². The molecule has 2 aliphatic rings. The van der Waals surface area contributed by atoms with E-state index in [1.165, 1.54) is 32.4 Å². The summed E-state index contributed by atoms with van der Waals surface area (Å²) in [6.07, 6.45) is 5.80. The van der Waals surface area contributed by atoms with Crippen molar-refractivity contribution in [3.05, 3.63) is 0 Å². The number of rotatable bonds is 3. The van der Waals surface area contributed by atoms with Crippen LogP contribution in [0.3, 0.4) is 0 Å². The van der Waals surface area contributed by atoms with Gasteiger partial charge in [0.15, 0.2) is 0 Å². The number of nitrogens with zero attached hydrogens (tertiary/aromatic N) is 1. The Bertz CT molecular complexity index is 206. The highest BCUT2D eigenvalue weighted by atomic mass is 16.3. The summed E-state index contributed by atoms with van der Waals surface area (Å²) in [6.45, 7) is 7.51. The molecule has 2 saturated heterocycles. The molecule has 94 valence electrons. The summed E-state index contributed by atoms with van der Waals surface area (Å²) in [4.78, 5) is 2.47. The molecule has 2 heterocycles. The zero-order valence-electron chi connectivity index (χ0n) is 10.5. The smallest absolute Gasteiger partial charge is 0.0798 e. The SMILES string of the molecule is CCC1CCN(CC2(O)CCNCC2)CC1. The topological polar surface area (TPSA) is 35.5 Å². The Labute approximate surface area is 99.2 Å². The molecule has 0 aromatic rings. The second kappa shape index (κ2) is 5.48. The summed E-state index contributed by atoms with van der Waals surface area (Å²) in [7, 11) is 0. The van der Waals surface area contributed by atoms with Crippen LogP contribution < -0.4 is 5.32 Å². The van der Waals surface area contributed by atoms with Gasteiger partial charge in [0.1, 0.15) is 0 Å². The maximum atomic E-state index is 10.5. The first-order valence-electron chi connectivity index (χ1n) is 6.87. The number of hydrogen-bond acceptors (Lipinski definition) is 3. The minimum atomic E-state index is -0.412. The van der Waals surface area contributed by atoms with Gasteiger partial charge in [0.25, 0.3) is 0 Å². The Morgan fingerprint density at radius 1 is 1.25 bits per heavy atom. The van der Waals surface area contributed by atoms with Crippen LogP contribution in [0.15, 0.2) is 0 Å². The molecule has 0 bridgehead atoms. The molecule has 0 spiro atoms. The number of β-amino-alcohol motifs (C(OH)–C–C–N with tert-alkyl or cyclic N) is 1. The fourth-order valence-corrected chi connectivity index (χ4v) is 3.02. The first-order valence-corrected chi connectivity index (χ1v) is 6.87. The predicted molar refractivity (Wildman–Crippen MR) is 66.5 cm³/mol. The molecule has 0 radical (unpaired) electrons. The average Bonchev–Trinajstić information content (AvgIpc) is 2.30. The highest BCUT2D eigenvalue weighted by Crippen LogP contribution is 2.24. The van der Waals surface area contributed by atoms with Gasteiger partial charge in [0.2, 0.25) is 0 Å². The maximum Gasteiger partial charge on any atom is 0.0798 e. The van der Waals surface area contributed by atoms with Crippen LogP contribution in [0.2, 0.25) is 0 Å². The first-order chi connectivity index (χ1) is 7.72. The Balaban J connectivity index is 1.77. The third-order valence-corrected chi connectivity index (χ3v) is 4.34. The van der Waals surface area contributed by atoms with Crippen molar-refractivity contribution >= 4 is 0 Å². The van der Waals surface area contributed by atoms with Gasteiger partial charge >= 0.3 is 0 Å². The van der Waals surface area contributed by atoms with E-state index in [9.17, 15) is 5.11 Å². The standard InChI is InChI=1S/C13H26N2O/c1-2-12-3-9-15(10-4-12)11-13(16)5-7-14-8-6-13/h12,14,16H,2-11H2,1H3. The van der Waals surface area contributed by atoms with Gasteiger partial charge in [-0.1, -0.05) is 13.3 Å². The highest BCUT2D eigenvalue weighted by molar-refractivity contribution is 4.88. The van der Waals surface area contributed by atoms with Gasteiger partial charge in [0, 0.05) is 6.54 Å². The molecule has 2 fully saturated rings. The molecule has 0 aliphatic carbocycles. The van der Waals surface area contributed by atoms with Crippen molar-refractivity contribution in [3.63, 3.8) is 0 Å². The Kier molecular flexibility index (Phi) is 4.22. The average molecular weight is 226 g/mol. The second-order valence-corrected chi connectivity index (χ2v) is 5.60. The zero-order chi connectivity index (χ0) is 11.4. The van der Waals surface area contributed by atoms with Crippen molar-refractivity contribution in [2.24, 2.45) is 5.92 Å². The molecule has 0 aromatic carbocycles. The second-order valence-electron chi connectivity index (χ2n) is 5.60. The van der Waals surface area contributed by atoms with E-state index in [4.69, 9.17) is 0 Å². The number of aliphatic hydroxyl groups is 1. The lowest BCUT2D eigenvalue weighted by Crippen LogP contribution is -2.51. The minimum absolute atomic E-state index is 0.412. The van der Waals surface area contributed by atoms with E-state index in [2.05, 4.69) is 17.1 Å². The summed E-state index contributed by atoms with van der Waals surface area (Å²) in [5.41, 5.74) is -0.412. The van der Waals surface area contributed by atoms with Crippen LogP contribution in [0.4, 0.5) is 0 Å². The van der Waals surface area contributed by atoms with E-state index < -0.39 is 5.60 Å². The number of nitrogens with one attached hydrogen (secondary N) is 1. The largest absolute Gasteiger partial charge is 0.388 e. The van der Waals surface area contributed by atoms with Crippen molar-refractivity contribution < 1.29 is 5.11 Å². The van der Waals surface area contributed by atoms with Gasteiger partial charge in [-0.15, -0.1) is 0 Å². The summed E-state index contributed by atoms with van der Waals surface area (Å²) < 4.78 is 0. The molecular weight excluding hydrogens is 200 g/mol. The monoisotopic (exact) mass is 226 g/mol. The molecule has 3 nitrogen and oxygen atoms in total. The van der Waals surface area contributed by atoms with Gasteiger partial charge in [-0.05, 0) is 57.8 Å². The number of hydrogen-bond donors (Lipinski definition) is 2.